The van der Waals surface area contributed by atoms with Gasteiger partial charge in [0.15, 0.2) is 0 Å². The average molecular weight is 353 g/mol. The first-order valence-electron chi connectivity index (χ1n) is 8.97. The van der Waals surface area contributed by atoms with E-state index in [1.54, 1.807) is 18.3 Å². The second-order valence-electron chi connectivity index (χ2n) is 6.61. The lowest BCUT2D eigenvalue weighted by atomic mass is 9.94. The Morgan fingerprint density at radius 3 is 2.62 bits per heavy atom. The summed E-state index contributed by atoms with van der Waals surface area (Å²) in [5, 5.41) is 3.12. The van der Waals surface area contributed by atoms with Gasteiger partial charge in [0, 0.05) is 18.7 Å². The molecule has 1 unspecified atom stereocenters. The van der Waals surface area contributed by atoms with Crippen LogP contribution in [0.3, 0.4) is 0 Å². The molecule has 1 amide bonds. The van der Waals surface area contributed by atoms with Crippen molar-refractivity contribution in [2.24, 2.45) is 5.92 Å². The number of piperidine rings is 1. The van der Waals surface area contributed by atoms with Crippen LogP contribution in [-0.2, 0) is 4.79 Å². The average Bonchev–Trinajstić information content (AvgIpc) is 2.68. The van der Waals surface area contributed by atoms with Crippen LogP contribution >= 0.6 is 0 Å². The van der Waals surface area contributed by atoms with Crippen LogP contribution in [0.15, 0.2) is 61.3 Å². The van der Waals surface area contributed by atoms with E-state index in [-0.39, 0.29) is 23.7 Å². The van der Waals surface area contributed by atoms with Gasteiger partial charge in [0.25, 0.3) is 0 Å². The zero-order chi connectivity index (χ0) is 18.4. The molecule has 2 aromatic rings. The zero-order valence-electron chi connectivity index (χ0n) is 14.8. The molecule has 3 rings (SSSR count). The number of hydrogen-bond acceptors (Lipinski definition) is 3. The third kappa shape index (κ3) is 4.55. The highest BCUT2D eigenvalue weighted by Crippen LogP contribution is 2.23. The van der Waals surface area contributed by atoms with Crippen LogP contribution in [0, 0.1) is 11.7 Å². The summed E-state index contributed by atoms with van der Waals surface area (Å²) in [7, 11) is 0. The summed E-state index contributed by atoms with van der Waals surface area (Å²) in [4.78, 5) is 19.5. The van der Waals surface area contributed by atoms with E-state index in [1.807, 2.05) is 24.3 Å². The van der Waals surface area contributed by atoms with Crippen LogP contribution in [0.2, 0.25) is 0 Å². The number of carbonyl (C=O) groups is 1. The lowest BCUT2D eigenvalue weighted by Gasteiger charge is -2.31. The summed E-state index contributed by atoms with van der Waals surface area (Å²) in [6.07, 6.45) is 5.26. The number of hydrogen-bond donors (Lipinski definition) is 1. The Hall–Kier alpha value is -2.53. The first kappa shape index (κ1) is 18.3. The monoisotopic (exact) mass is 353 g/mol. The third-order valence-corrected chi connectivity index (χ3v) is 4.82. The van der Waals surface area contributed by atoms with Gasteiger partial charge in [-0.05, 0) is 55.8 Å². The van der Waals surface area contributed by atoms with E-state index in [1.165, 1.54) is 12.1 Å². The number of nitrogens with one attached hydrogen (secondary N) is 1. The number of benzene rings is 1. The van der Waals surface area contributed by atoms with Crippen molar-refractivity contribution < 1.29 is 9.18 Å². The largest absolute Gasteiger partial charge is 0.343 e. The normalized spacial score (nSPS) is 16.8. The van der Waals surface area contributed by atoms with Crippen molar-refractivity contribution in [3.8, 4) is 0 Å². The fraction of sp³-hybridized carbons (Fsp3) is 0.333. The summed E-state index contributed by atoms with van der Waals surface area (Å²) < 4.78 is 13.3. The van der Waals surface area contributed by atoms with Gasteiger partial charge >= 0.3 is 0 Å². The van der Waals surface area contributed by atoms with E-state index in [2.05, 4.69) is 21.8 Å². The molecule has 0 bridgehead atoms. The fourth-order valence-corrected chi connectivity index (χ4v) is 3.35. The van der Waals surface area contributed by atoms with Crippen molar-refractivity contribution in [3.63, 3.8) is 0 Å². The van der Waals surface area contributed by atoms with E-state index in [9.17, 15) is 9.18 Å². The van der Waals surface area contributed by atoms with Crippen molar-refractivity contribution in [2.75, 3.05) is 19.6 Å². The first-order chi connectivity index (χ1) is 12.7. The third-order valence-electron chi connectivity index (χ3n) is 4.82. The molecule has 1 aromatic carbocycles. The Kier molecular flexibility index (Phi) is 6.12. The highest BCUT2D eigenvalue weighted by molar-refractivity contribution is 5.79. The molecule has 4 nitrogen and oxygen atoms in total. The number of likely N-dealkylation sites (tertiary alicyclic amines) is 1. The van der Waals surface area contributed by atoms with Gasteiger partial charge in [-0.25, -0.2) is 4.39 Å². The van der Waals surface area contributed by atoms with Crippen LogP contribution < -0.4 is 5.32 Å². The molecule has 2 heterocycles. The van der Waals surface area contributed by atoms with Gasteiger partial charge in [0.2, 0.25) is 5.91 Å². The standard InChI is InChI=1S/C21H24FN3O/c1-2-13-25-14-10-17(11-15-25)21(26)24-20(19-5-3-4-12-23-19)16-6-8-18(22)9-7-16/h2-9,12,17,20H,1,10-11,13-15H2,(H,24,26). The maximum absolute atomic E-state index is 13.3. The number of rotatable bonds is 6. The van der Waals surface area contributed by atoms with Crippen molar-refractivity contribution >= 4 is 5.91 Å². The number of amides is 1. The molecule has 1 N–H and O–H groups in total. The molecule has 1 aliphatic rings. The maximum Gasteiger partial charge on any atom is 0.224 e. The molecule has 5 heteroatoms. The molecular formula is C21H24FN3O. The summed E-state index contributed by atoms with van der Waals surface area (Å²) in [5.74, 6) is -0.277. The maximum atomic E-state index is 13.3. The Bertz CT molecular complexity index is 725. The summed E-state index contributed by atoms with van der Waals surface area (Å²) in [5.41, 5.74) is 1.57. The van der Waals surface area contributed by atoms with Crippen LogP contribution in [0.25, 0.3) is 0 Å². The van der Waals surface area contributed by atoms with Crippen molar-refractivity contribution in [3.05, 3.63) is 78.4 Å². The van der Waals surface area contributed by atoms with Crippen molar-refractivity contribution in [1.82, 2.24) is 15.2 Å². The minimum Gasteiger partial charge on any atom is -0.343 e. The quantitative estimate of drug-likeness (QED) is 0.811. The molecule has 1 fully saturated rings. The molecule has 0 saturated carbocycles. The van der Waals surface area contributed by atoms with Gasteiger partial charge in [-0.1, -0.05) is 24.3 Å². The van der Waals surface area contributed by atoms with Gasteiger partial charge in [0.1, 0.15) is 5.82 Å². The van der Waals surface area contributed by atoms with Gasteiger partial charge in [-0.2, -0.15) is 0 Å². The number of aromatic nitrogens is 1. The summed E-state index contributed by atoms with van der Waals surface area (Å²) in [6, 6.07) is 11.4. The minimum atomic E-state index is -0.379. The highest BCUT2D eigenvalue weighted by Gasteiger charge is 2.27. The van der Waals surface area contributed by atoms with Crippen LogP contribution in [-0.4, -0.2) is 35.4 Å². The molecule has 1 aromatic heterocycles. The van der Waals surface area contributed by atoms with E-state index in [4.69, 9.17) is 0 Å². The second kappa shape index (κ2) is 8.72. The fourth-order valence-electron chi connectivity index (χ4n) is 3.35. The summed E-state index contributed by atoms with van der Waals surface area (Å²) >= 11 is 0. The van der Waals surface area contributed by atoms with E-state index < -0.39 is 0 Å². The number of carbonyl (C=O) groups excluding carboxylic acids is 1. The molecule has 0 aliphatic carbocycles. The Labute approximate surface area is 153 Å². The zero-order valence-corrected chi connectivity index (χ0v) is 14.8. The van der Waals surface area contributed by atoms with Gasteiger partial charge in [-0.15, -0.1) is 6.58 Å². The molecule has 0 radical (unpaired) electrons. The predicted molar refractivity (Wildman–Crippen MR) is 100.0 cm³/mol. The SMILES string of the molecule is C=CCN1CCC(C(=O)NC(c2ccc(F)cc2)c2ccccn2)CC1. The molecule has 26 heavy (non-hydrogen) atoms. The van der Waals surface area contributed by atoms with Crippen molar-refractivity contribution in [1.29, 1.82) is 0 Å². The van der Waals surface area contributed by atoms with Crippen LogP contribution in [0.4, 0.5) is 4.39 Å². The lowest BCUT2D eigenvalue weighted by Crippen LogP contribution is -2.41. The molecular weight excluding hydrogens is 329 g/mol. The molecule has 1 atom stereocenters. The van der Waals surface area contributed by atoms with E-state index >= 15 is 0 Å². The topological polar surface area (TPSA) is 45.2 Å². The van der Waals surface area contributed by atoms with Gasteiger partial charge in [-0.3, -0.25) is 14.7 Å². The van der Waals surface area contributed by atoms with E-state index in [0.29, 0.717) is 0 Å². The number of pyridine rings is 1. The second-order valence-corrected chi connectivity index (χ2v) is 6.61. The molecule has 1 saturated heterocycles. The van der Waals surface area contributed by atoms with Gasteiger partial charge < -0.3 is 5.32 Å². The smallest absolute Gasteiger partial charge is 0.224 e. The Morgan fingerprint density at radius 2 is 2.00 bits per heavy atom. The van der Waals surface area contributed by atoms with Crippen LogP contribution in [0.1, 0.15) is 30.1 Å². The summed E-state index contributed by atoms with van der Waals surface area (Å²) in [6.45, 7) is 6.42. The highest BCUT2D eigenvalue weighted by atomic mass is 19.1. The van der Waals surface area contributed by atoms with Crippen LogP contribution in [0.5, 0.6) is 0 Å². The van der Waals surface area contributed by atoms with E-state index in [0.717, 1.165) is 43.7 Å². The predicted octanol–water partition coefficient (Wildman–Crippen LogP) is 3.32. The van der Waals surface area contributed by atoms with Gasteiger partial charge in [0.05, 0.1) is 11.7 Å². The first-order valence-corrected chi connectivity index (χ1v) is 8.97. The number of halogens is 1. The molecule has 136 valence electrons. The molecule has 1 aliphatic heterocycles. The Morgan fingerprint density at radius 1 is 1.27 bits per heavy atom. The number of nitrogens with zero attached hydrogens (tertiary/aromatic N) is 2. The lowest BCUT2D eigenvalue weighted by molar-refractivity contribution is -0.126. The van der Waals surface area contributed by atoms with Crippen molar-refractivity contribution in [2.45, 2.75) is 18.9 Å². The molecule has 0 spiro atoms. The Balaban J connectivity index is 1.73. The minimum absolute atomic E-state index is 0.0114.